The highest BCUT2D eigenvalue weighted by Crippen LogP contribution is 2.34. The van der Waals surface area contributed by atoms with Crippen molar-refractivity contribution in [2.75, 3.05) is 11.1 Å². The molecule has 202 valence electrons. The number of rotatable bonds is 7. The van der Waals surface area contributed by atoms with Gasteiger partial charge in [0.2, 0.25) is 5.91 Å². The van der Waals surface area contributed by atoms with Gasteiger partial charge in [-0.25, -0.2) is 4.79 Å². The number of amides is 3. The Labute approximate surface area is 226 Å². The van der Waals surface area contributed by atoms with Crippen LogP contribution in [0.2, 0.25) is 0 Å². The Balaban J connectivity index is 2.62. The number of benzene rings is 2. The van der Waals surface area contributed by atoms with E-state index < -0.39 is 35.2 Å². The first-order chi connectivity index (χ1) is 17.1. The summed E-state index contributed by atoms with van der Waals surface area (Å²) >= 11 is 4.35. The molecule has 2 aromatic carbocycles. The molecule has 2 aromatic rings. The molecule has 0 bridgehead atoms. The lowest BCUT2D eigenvalue weighted by Gasteiger charge is -2.43. The number of hydrogen-bond acceptors (Lipinski definition) is 5. The zero-order valence-corrected chi connectivity index (χ0v) is 24.3. The summed E-state index contributed by atoms with van der Waals surface area (Å²) in [6.07, 6.45) is -0.721. The molecule has 0 saturated carbocycles. The van der Waals surface area contributed by atoms with E-state index in [1.54, 1.807) is 25.7 Å². The van der Waals surface area contributed by atoms with Crippen LogP contribution < -0.4 is 10.6 Å². The molecule has 8 heteroatoms. The molecule has 37 heavy (non-hydrogen) atoms. The number of anilines is 1. The molecular formula is C29H41N3O4S. The number of carbonyl (C=O) groups excluding carboxylic acids is 3. The average Bonchev–Trinajstić information content (AvgIpc) is 2.75. The molecule has 0 heterocycles. The summed E-state index contributed by atoms with van der Waals surface area (Å²) in [4.78, 5) is 42.3. The summed E-state index contributed by atoms with van der Waals surface area (Å²) in [5.41, 5.74) is 2.58. The highest BCUT2D eigenvalue weighted by Gasteiger charge is 2.42. The lowest BCUT2D eigenvalue weighted by atomic mass is 9.90. The first-order valence-electron chi connectivity index (χ1n) is 12.4. The predicted molar refractivity (Wildman–Crippen MR) is 152 cm³/mol. The molecule has 3 amide bonds. The van der Waals surface area contributed by atoms with Crippen LogP contribution in [0.15, 0.2) is 42.5 Å². The zero-order valence-electron chi connectivity index (χ0n) is 23.4. The second-order valence-electron chi connectivity index (χ2n) is 11.3. The van der Waals surface area contributed by atoms with Gasteiger partial charge < -0.3 is 20.3 Å². The van der Waals surface area contributed by atoms with Crippen molar-refractivity contribution in [3.8, 4) is 0 Å². The molecule has 2 unspecified atom stereocenters. The van der Waals surface area contributed by atoms with Crippen LogP contribution in [0.3, 0.4) is 0 Å². The third-order valence-electron chi connectivity index (χ3n) is 5.86. The Morgan fingerprint density at radius 3 is 1.92 bits per heavy atom. The van der Waals surface area contributed by atoms with E-state index >= 15 is 0 Å². The van der Waals surface area contributed by atoms with E-state index in [9.17, 15) is 14.4 Å². The number of thiol groups is 1. The standard InChI is InChI=1S/C29H41N3O4S/c1-18-13-10-11-16-21(18)30-25(33)24(23-19(2)14-12-15-20(23)3)32(28(4,5)6)26(34)22(17-37)31-27(35)36-29(7,8)9/h10-16,22,24,37H,17H2,1-9H3,(H,30,33)(H,31,35). The van der Waals surface area contributed by atoms with Gasteiger partial charge in [-0.05, 0) is 90.6 Å². The van der Waals surface area contributed by atoms with E-state index in [0.717, 1.165) is 22.3 Å². The Hall–Kier alpha value is -3.00. The molecule has 0 saturated heterocycles. The third-order valence-corrected chi connectivity index (χ3v) is 6.22. The van der Waals surface area contributed by atoms with Crippen LogP contribution in [0.5, 0.6) is 0 Å². The van der Waals surface area contributed by atoms with Crippen molar-refractivity contribution in [1.29, 1.82) is 0 Å². The lowest BCUT2D eigenvalue weighted by Crippen LogP contribution is -2.58. The van der Waals surface area contributed by atoms with E-state index in [2.05, 4.69) is 23.3 Å². The van der Waals surface area contributed by atoms with Gasteiger partial charge in [-0.2, -0.15) is 12.6 Å². The van der Waals surface area contributed by atoms with E-state index in [0.29, 0.717) is 5.69 Å². The highest BCUT2D eigenvalue weighted by atomic mass is 32.1. The van der Waals surface area contributed by atoms with Gasteiger partial charge in [0.15, 0.2) is 0 Å². The first-order valence-corrected chi connectivity index (χ1v) is 13.1. The zero-order chi connectivity index (χ0) is 28.1. The maximum atomic E-state index is 14.1. The predicted octanol–water partition coefficient (Wildman–Crippen LogP) is 5.74. The molecule has 0 fully saturated rings. The van der Waals surface area contributed by atoms with Crippen molar-refractivity contribution < 1.29 is 19.1 Å². The van der Waals surface area contributed by atoms with Crippen LogP contribution in [-0.2, 0) is 14.3 Å². The Bertz CT molecular complexity index is 1110. The fraction of sp³-hybridized carbons (Fsp3) is 0.483. The highest BCUT2D eigenvalue weighted by molar-refractivity contribution is 7.80. The number of ether oxygens (including phenoxy) is 1. The normalized spacial score (nSPS) is 13.4. The van der Waals surface area contributed by atoms with Crippen LogP contribution >= 0.6 is 12.6 Å². The largest absolute Gasteiger partial charge is 0.444 e. The number of carbonyl (C=O) groups is 3. The number of nitrogens with one attached hydrogen (secondary N) is 2. The molecule has 0 aliphatic carbocycles. The van der Waals surface area contributed by atoms with Crippen LogP contribution in [-0.4, -0.2) is 45.7 Å². The van der Waals surface area contributed by atoms with Crippen LogP contribution in [0.25, 0.3) is 0 Å². The van der Waals surface area contributed by atoms with Crippen LogP contribution in [0, 0.1) is 20.8 Å². The summed E-state index contributed by atoms with van der Waals surface area (Å²) in [5.74, 6) is -0.741. The molecule has 0 aliphatic heterocycles. The third kappa shape index (κ3) is 7.99. The number of nitrogens with zero attached hydrogens (tertiary/aromatic N) is 1. The van der Waals surface area contributed by atoms with E-state index in [-0.39, 0.29) is 11.7 Å². The lowest BCUT2D eigenvalue weighted by molar-refractivity contribution is -0.146. The quantitative estimate of drug-likeness (QED) is 0.401. The number of hydrogen-bond donors (Lipinski definition) is 3. The number of alkyl carbamates (subject to hydrolysis) is 1. The number of aryl methyl sites for hydroxylation is 3. The summed E-state index contributed by atoms with van der Waals surface area (Å²) in [7, 11) is 0. The van der Waals surface area contributed by atoms with Crippen molar-refractivity contribution >= 4 is 36.2 Å². The molecule has 2 N–H and O–H groups in total. The topological polar surface area (TPSA) is 87.7 Å². The fourth-order valence-electron chi connectivity index (χ4n) is 4.20. The SMILES string of the molecule is Cc1ccccc1NC(=O)C(c1c(C)cccc1C)N(C(=O)C(CS)NC(=O)OC(C)(C)C)C(C)(C)C. The summed E-state index contributed by atoms with van der Waals surface area (Å²) in [6, 6.07) is 11.3. The molecule has 0 radical (unpaired) electrons. The Kier molecular flexibility index (Phi) is 9.83. The van der Waals surface area contributed by atoms with Gasteiger partial charge >= 0.3 is 6.09 Å². The second kappa shape index (κ2) is 12.0. The van der Waals surface area contributed by atoms with Gasteiger partial charge in [-0.3, -0.25) is 9.59 Å². The van der Waals surface area contributed by atoms with E-state index in [1.165, 1.54) is 0 Å². The first kappa shape index (κ1) is 30.2. The minimum atomic E-state index is -1.00. The molecule has 0 aromatic heterocycles. The van der Waals surface area contributed by atoms with Crippen molar-refractivity contribution in [3.63, 3.8) is 0 Å². The fourth-order valence-corrected chi connectivity index (χ4v) is 4.45. The average molecular weight is 528 g/mol. The smallest absolute Gasteiger partial charge is 0.408 e. The van der Waals surface area contributed by atoms with E-state index in [1.807, 2.05) is 84.0 Å². The van der Waals surface area contributed by atoms with Crippen LogP contribution in [0.4, 0.5) is 10.5 Å². The summed E-state index contributed by atoms with van der Waals surface area (Å²) in [5, 5.41) is 5.68. The van der Waals surface area contributed by atoms with Crippen molar-refractivity contribution in [2.24, 2.45) is 0 Å². The molecule has 0 spiro atoms. The van der Waals surface area contributed by atoms with Gasteiger partial charge in [-0.1, -0.05) is 36.4 Å². The Morgan fingerprint density at radius 2 is 1.43 bits per heavy atom. The molecular weight excluding hydrogens is 486 g/mol. The maximum absolute atomic E-state index is 14.1. The van der Waals surface area contributed by atoms with Crippen molar-refractivity contribution in [1.82, 2.24) is 10.2 Å². The monoisotopic (exact) mass is 527 g/mol. The van der Waals surface area contributed by atoms with Gasteiger partial charge in [-0.15, -0.1) is 0 Å². The maximum Gasteiger partial charge on any atom is 0.408 e. The number of para-hydroxylation sites is 1. The molecule has 7 nitrogen and oxygen atoms in total. The van der Waals surface area contributed by atoms with E-state index in [4.69, 9.17) is 4.74 Å². The minimum absolute atomic E-state index is 0.0313. The van der Waals surface area contributed by atoms with Crippen LogP contribution in [0.1, 0.15) is 69.8 Å². The van der Waals surface area contributed by atoms with Crippen molar-refractivity contribution in [3.05, 3.63) is 64.7 Å². The summed E-state index contributed by atoms with van der Waals surface area (Å²) < 4.78 is 5.37. The van der Waals surface area contributed by atoms with Gasteiger partial charge in [0.1, 0.15) is 17.7 Å². The van der Waals surface area contributed by atoms with Gasteiger partial charge in [0, 0.05) is 17.0 Å². The van der Waals surface area contributed by atoms with Crippen molar-refractivity contribution in [2.45, 2.75) is 85.5 Å². The summed E-state index contributed by atoms with van der Waals surface area (Å²) in [6.45, 7) is 16.6. The second-order valence-corrected chi connectivity index (χ2v) is 11.6. The van der Waals surface area contributed by atoms with Gasteiger partial charge in [0.25, 0.3) is 5.91 Å². The minimum Gasteiger partial charge on any atom is -0.444 e. The van der Waals surface area contributed by atoms with Gasteiger partial charge in [0.05, 0.1) is 0 Å². The molecule has 2 atom stereocenters. The molecule has 2 rings (SSSR count). The molecule has 0 aliphatic rings. The Morgan fingerprint density at radius 1 is 0.892 bits per heavy atom.